The van der Waals surface area contributed by atoms with Crippen LogP contribution in [-0.4, -0.2) is 25.8 Å². The van der Waals surface area contributed by atoms with Gasteiger partial charge in [0, 0.05) is 50.4 Å². The van der Waals surface area contributed by atoms with Gasteiger partial charge in [-0.2, -0.15) is 14.6 Å². The molecule has 0 bridgehead atoms. The number of hydrogen-bond acceptors (Lipinski definition) is 4. The van der Waals surface area contributed by atoms with E-state index in [9.17, 15) is 26.3 Å². The molecule has 0 spiro atoms. The SMILES string of the molecule is Cc1nc2ncnn2c(N[CH-]C(F)(F)F)c1-c1c(F)cc(F)cc1F.[Y]. The minimum Gasteiger partial charge on any atom is -0.511 e. The summed E-state index contributed by atoms with van der Waals surface area (Å²) in [6.45, 7) is 1.09. The van der Waals surface area contributed by atoms with E-state index in [0.29, 0.717) is 12.1 Å². The van der Waals surface area contributed by atoms with Crippen molar-refractivity contribution < 1.29 is 59.1 Å². The molecule has 12 heteroatoms. The fourth-order valence-corrected chi connectivity index (χ4v) is 2.32. The van der Waals surface area contributed by atoms with E-state index in [1.165, 1.54) is 6.92 Å². The largest absolute Gasteiger partial charge is 0.511 e. The number of fused-ring (bicyclic) bond motifs is 1. The Labute approximate surface area is 167 Å². The first kappa shape index (κ1) is 20.6. The maximum Gasteiger partial charge on any atom is 0.286 e. The van der Waals surface area contributed by atoms with Crippen molar-refractivity contribution in [1.82, 2.24) is 19.6 Å². The summed E-state index contributed by atoms with van der Waals surface area (Å²) in [5, 5.41) is 5.63. The van der Waals surface area contributed by atoms with Crippen molar-refractivity contribution >= 4 is 11.6 Å². The van der Waals surface area contributed by atoms with Crippen LogP contribution in [-0.2, 0) is 32.7 Å². The Kier molecular flexibility index (Phi) is 5.91. The van der Waals surface area contributed by atoms with E-state index in [2.05, 4.69) is 15.1 Å². The minimum atomic E-state index is -4.72. The zero-order chi connectivity index (χ0) is 18.4. The number of hydrogen-bond donors (Lipinski definition) is 1. The standard InChI is InChI=1S/C14H8F6N5.Y/c1-6-10(11-8(16)2-7(15)3-9(11)17)12(21-4-14(18,19)20)25-13(24-6)22-5-23-25;/h2-5,21H,1H3;/q-1;. The van der Waals surface area contributed by atoms with Crippen LogP contribution in [0.5, 0.6) is 0 Å². The summed E-state index contributed by atoms with van der Waals surface area (Å²) in [5.74, 6) is -4.25. The van der Waals surface area contributed by atoms with Crippen LogP contribution < -0.4 is 5.32 Å². The van der Waals surface area contributed by atoms with Gasteiger partial charge in [-0.25, -0.2) is 31.3 Å². The van der Waals surface area contributed by atoms with E-state index in [0.717, 1.165) is 10.8 Å². The molecule has 2 aromatic heterocycles. The van der Waals surface area contributed by atoms with E-state index in [-0.39, 0.29) is 56.3 Å². The quantitative estimate of drug-likeness (QED) is 0.490. The van der Waals surface area contributed by atoms with Crippen LogP contribution in [0.2, 0.25) is 0 Å². The number of aryl methyl sites for hydroxylation is 1. The average molecular weight is 449 g/mol. The molecule has 5 nitrogen and oxygen atoms in total. The van der Waals surface area contributed by atoms with Crippen molar-refractivity contribution in [1.29, 1.82) is 0 Å². The smallest absolute Gasteiger partial charge is 0.286 e. The van der Waals surface area contributed by atoms with Gasteiger partial charge < -0.3 is 5.32 Å². The number of nitrogens with one attached hydrogen (secondary N) is 1. The first-order valence-electron chi connectivity index (χ1n) is 6.70. The topological polar surface area (TPSA) is 55.1 Å². The van der Waals surface area contributed by atoms with Gasteiger partial charge in [0.15, 0.2) is 0 Å². The Morgan fingerprint density at radius 1 is 1.08 bits per heavy atom. The van der Waals surface area contributed by atoms with Gasteiger partial charge in [0.25, 0.3) is 12.0 Å². The number of anilines is 1. The van der Waals surface area contributed by atoms with Crippen molar-refractivity contribution in [2.45, 2.75) is 13.1 Å². The van der Waals surface area contributed by atoms with Gasteiger partial charge in [-0.15, -0.1) is 6.54 Å². The number of benzene rings is 1. The number of nitrogens with zero attached hydrogens (tertiary/aromatic N) is 4. The van der Waals surface area contributed by atoms with E-state index in [1.54, 1.807) is 0 Å². The summed E-state index contributed by atoms with van der Waals surface area (Å²) in [5.41, 5.74) is -1.10. The van der Waals surface area contributed by atoms with Crippen LogP contribution >= 0.6 is 0 Å². The zero-order valence-corrected chi connectivity index (χ0v) is 15.8. The van der Waals surface area contributed by atoms with Crippen molar-refractivity contribution in [3.63, 3.8) is 0 Å². The molecule has 0 saturated carbocycles. The van der Waals surface area contributed by atoms with E-state index >= 15 is 0 Å². The summed E-state index contributed by atoms with van der Waals surface area (Å²) in [6.07, 6.45) is -3.71. The Morgan fingerprint density at radius 3 is 2.27 bits per heavy atom. The molecule has 26 heavy (non-hydrogen) atoms. The molecule has 0 amide bonds. The molecule has 1 N–H and O–H groups in total. The van der Waals surface area contributed by atoms with Gasteiger partial charge in [0.2, 0.25) is 0 Å². The first-order chi connectivity index (χ1) is 11.7. The van der Waals surface area contributed by atoms with E-state index in [4.69, 9.17) is 0 Å². The third-order valence-electron chi connectivity index (χ3n) is 3.24. The summed E-state index contributed by atoms with van der Waals surface area (Å²) >= 11 is 0. The van der Waals surface area contributed by atoms with E-state index in [1.807, 2.05) is 5.32 Å². The maximum atomic E-state index is 14.1. The van der Waals surface area contributed by atoms with Crippen LogP contribution in [0.25, 0.3) is 16.9 Å². The maximum absolute atomic E-state index is 14.1. The fourth-order valence-electron chi connectivity index (χ4n) is 2.32. The van der Waals surface area contributed by atoms with Gasteiger partial charge in [-0.05, 0) is 6.92 Å². The number of aromatic nitrogens is 4. The third-order valence-corrected chi connectivity index (χ3v) is 3.24. The van der Waals surface area contributed by atoms with Crippen molar-refractivity contribution in [3.8, 4) is 11.1 Å². The van der Waals surface area contributed by atoms with Crippen molar-refractivity contribution in [3.05, 3.63) is 48.2 Å². The Morgan fingerprint density at radius 2 is 1.69 bits per heavy atom. The van der Waals surface area contributed by atoms with Crippen LogP contribution in [0.4, 0.5) is 32.2 Å². The molecule has 0 aliphatic carbocycles. The molecule has 135 valence electrons. The molecule has 1 aromatic carbocycles. The molecule has 3 aromatic rings. The molecular weight excluding hydrogens is 441 g/mol. The molecule has 2 heterocycles. The summed E-state index contributed by atoms with van der Waals surface area (Å²) in [6, 6.07) is 0.835. The van der Waals surface area contributed by atoms with Gasteiger partial charge in [-0.3, -0.25) is 0 Å². The third kappa shape index (κ3) is 3.98. The number of halogens is 6. The fraction of sp³-hybridized carbons (Fsp3) is 0.143. The molecule has 0 saturated heterocycles. The predicted octanol–water partition coefficient (Wildman–Crippen LogP) is 3.65. The molecule has 0 aliphatic heterocycles. The van der Waals surface area contributed by atoms with Crippen LogP contribution in [0.15, 0.2) is 18.5 Å². The van der Waals surface area contributed by atoms with E-state index < -0.39 is 35.0 Å². The van der Waals surface area contributed by atoms with Gasteiger partial charge in [0.05, 0.1) is 11.3 Å². The Hall–Kier alpha value is -1.75. The van der Waals surface area contributed by atoms with Crippen molar-refractivity contribution in [2.24, 2.45) is 0 Å². The predicted molar refractivity (Wildman–Crippen MR) is 74.8 cm³/mol. The summed E-state index contributed by atoms with van der Waals surface area (Å²) in [7, 11) is 0. The summed E-state index contributed by atoms with van der Waals surface area (Å²) in [4.78, 5) is 7.69. The van der Waals surface area contributed by atoms with Crippen LogP contribution in [0.3, 0.4) is 0 Å². The van der Waals surface area contributed by atoms with Crippen molar-refractivity contribution in [2.75, 3.05) is 5.32 Å². The van der Waals surface area contributed by atoms with Gasteiger partial charge >= 0.3 is 0 Å². The molecule has 3 rings (SSSR count). The minimum absolute atomic E-state index is 0. The number of rotatable bonds is 3. The zero-order valence-electron chi connectivity index (χ0n) is 12.9. The average Bonchev–Trinajstić information content (AvgIpc) is 2.92. The molecule has 0 fully saturated rings. The van der Waals surface area contributed by atoms with Gasteiger partial charge in [0.1, 0.15) is 29.6 Å². The molecule has 0 atom stereocenters. The second-order valence-electron chi connectivity index (χ2n) is 4.97. The molecule has 0 aliphatic rings. The Balaban J connectivity index is 0.00000243. The van der Waals surface area contributed by atoms with Gasteiger partial charge in [-0.1, -0.05) is 0 Å². The second kappa shape index (κ2) is 7.47. The monoisotopic (exact) mass is 449 g/mol. The summed E-state index contributed by atoms with van der Waals surface area (Å²) < 4.78 is 79.9. The normalized spacial score (nSPS) is 11.5. The first-order valence-corrected chi connectivity index (χ1v) is 6.70. The molecule has 0 unspecified atom stereocenters. The second-order valence-corrected chi connectivity index (χ2v) is 4.97. The number of alkyl halides is 3. The molecule has 1 radical (unpaired) electrons. The van der Waals surface area contributed by atoms with Crippen LogP contribution in [0, 0.1) is 30.9 Å². The Bertz CT molecular complexity index is 932. The molecular formula is C14H8F6N5Y-. The van der Waals surface area contributed by atoms with Crippen LogP contribution in [0.1, 0.15) is 5.69 Å².